The van der Waals surface area contributed by atoms with Crippen LogP contribution in [0.25, 0.3) is 0 Å². The van der Waals surface area contributed by atoms with Crippen LogP contribution >= 0.6 is 0 Å². The second-order valence-corrected chi connectivity index (χ2v) is 4.02. The summed E-state index contributed by atoms with van der Waals surface area (Å²) in [6.07, 6.45) is -0.00375. The molecule has 0 aliphatic heterocycles. The number of likely N-dealkylation sites (N-methyl/N-ethyl adjacent to an activating group) is 1. The Balaban J connectivity index is 2.62. The van der Waals surface area contributed by atoms with E-state index >= 15 is 0 Å². The molecule has 1 atom stereocenters. The fraction of sp³-hybridized carbons (Fsp3) is 0.417. The number of carbonyl (C=O) groups is 1. The third-order valence-electron chi connectivity index (χ3n) is 2.47. The first-order valence-electron chi connectivity index (χ1n) is 5.25. The number of anilines is 1. The third-order valence-corrected chi connectivity index (χ3v) is 2.47. The summed E-state index contributed by atoms with van der Waals surface area (Å²) < 4.78 is 0. The van der Waals surface area contributed by atoms with Gasteiger partial charge < -0.3 is 15.7 Å². The minimum absolute atomic E-state index is 0.00375. The summed E-state index contributed by atoms with van der Waals surface area (Å²) in [6.45, 7) is 2.56. The molecular formula is C12H18N2O2. The van der Waals surface area contributed by atoms with Crippen molar-refractivity contribution in [3.05, 3.63) is 29.8 Å². The lowest BCUT2D eigenvalue weighted by Gasteiger charge is -2.24. The Morgan fingerprint density at radius 2 is 2.12 bits per heavy atom. The first kappa shape index (κ1) is 12.5. The Morgan fingerprint density at radius 3 is 2.69 bits per heavy atom. The molecule has 1 unspecified atom stereocenters. The number of nitrogens with zero attached hydrogens (tertiary/aromatic N) is 1. The number of para-hydroxylation sites is 1. The number of carboxylic acid groups (broad SMARTS) is 1. The smallest absolute Gasteiger partial charge is 0.304 e. The van der Waals surface area contributed by atoms with Crippen LogP contribution in [0.15, 0.2) is 24.3 Å². The maximum absolute atomic E-state index is 10.5. The summed E-state index contributed by atoms with van der Waals surface area (Å²) in [5.74, 6) is -0.856. The number of hydrogen-bond acceptors (Lipinski definition) is 3. The van der Waals surface area contributed by atoms with Gasteiger partial charge >= 0.3 is 5.97 Å². The molecule has 3 N–H and O–H groups in total. The fourth-order valence-corrected chi connectivity index (χ4v) is 1.73. The molecule has 1 aromatic carbocycles. The van der Waals surface area contributed by atoms with Crippen molar-refractivity contribution in [1.82, 2.24) is 0 Å². The molecule has 1 rings (SSSR count). The first-order chi connectivity index (χ1) is 7.50. The zero-order valence-corrected chi connectivity index (χ0v) is 9.68. The Morgan fingerprint density at radius 1 is 1.50 bits per heavy atom. The van der Waals surface area contributed by atoms with Crippen LogP contribution in [0.1, 0.15) is 12.0 Å². The molecule has 0 saturated carbocycles. The average Bonchev–Trinajstić information content (AvgIpc) is 2.16. The minimum Gasteiger partial charge on any atom is -0.481 e. The number of hydrogen-bond donors (Lipinski definition) is 2. The summed E-state index contributed by atoms with van der Waals surface area (Å²) in [4.78, 5) is 12.5. The van der Waals surface area contributed by atoms with Crippen molar-refractivity contribution in [3.63, 3.8) is 0 Å². The highest BCUT2D eigenvalue weighted by molar-refractivity contribution is 5.67. The van der Waals surface area contributed by atoms with Crippen LogP contribution in [0.2, 0.25) is 0 Å². The summed E-state index contributed by atoms with van der Waals surface area (Å²) in [7, 11) is 1.92. The van der Waals surface area contributed by atoms with Crippen molar-refractivity contribution in [1.29, 1.82) is 0 Å². The normalized spacial score (nSPS) is 12.2. The van der Waals surface area contributed by atoms with E-state index in [1.165, 1.54) is 0 Å². The number of aliphatic carboxylic acids is 1. The highest BCUT2D eigenvalue weighted by Crippen LogP contribution is 2.17. The van der Waals surface area contributed by atoms with Crippen molar-refractivity contribution < 1.29 is 9.90 Å². The van der Waals surface area contributed by atoms with Crippen LogP contribution in [0.3, 0.4) is 0 Å². The Hall–Kier alpha value is -1.55. The predicted octanol–water partition coefficient (Wildman–Crippen LogP) is 1.23. The van der Waals surface area contributed by atoms with E-state index in [2.05, 4.69) is 0 Å². The molecule has 0 fully saturated rings. The van der Waals surface area contributed by atoms with Gasteiger partial charge in [0.1, 0.15) is 0 Å². The largest absolute Gasteiger partial charge is 0.481 e. The molecule has 0 amide bonds. The van der Waals surface area contributed by atoms with Crippen molar-refractivity contribution >= 4 is 11.7 Å². The van der Waals surface area contributed by atoms with E-state index in [1.54, 1.807) is 0 Å². The van der Waals surface area contributed by atoms with Gasteiger partial charge in [0.25, 0.3) is 0 Å². The van der Waals surface area contributed by atoms with Crippen LogP contribution in [-0.2, 0) is 4.79 Å². The summed E-state index contributed by atoms with van der Waals surface area (Å²) in [5, 5.41) is 8.62. The Bertz CT molecular complexity index is 366. The molecule has 0 aliphatic rings. The molecule has 0 aromatic heterocycles. The Labute approximate surface area is 95.7 Å². The molecule has 0 spiro atoms. The standard InChI is InChI=1S/C12H18N2O2/c1-9-5-3-4-6-11(9)14(2)8-10(13)7-12(15)16/h3-6,10H,7-8,13H2,1-2H3,(H,15,16). The molecule has 4 heteroatoms. The lowest BCUT2D eigenvalue weighted by atomic mass is 10.1. The van der Waals surface area contributed by atoms with Crippen LogP contribution in [0, 0.1) is 6.92 Å². The van der Waals surface area contributed by atoms with Crippen LogP contribution in [0.4, 0.5) is 5.69 Å². The van der Waals surface area contributed by atoms with Crippen molar-refractivity contribution in [3.8, 4) is 0 Å². The monoisotopic (exact) mass is 222 g/mol. The van der Waals surface area contributed by atoms with E-state index in [0.717, 1.165) is 11.3 Å². The fourth-order valence-electron chi connectivity index (χ4n) is 1.73. The van der Waals surface area contributed by atoms with Crippen LogP contribution in [-0.4, -0.2) is 30.7 Å². The third kappa shape index (κ3) is 3.55. The lowest BCUT2D eigenvalue weighted by Crippen LogP contribution is -2.37. The van der Waals surface area contributed by atoms with Crippen molar-refractivity contribution in [2.75, 3.05) is 18.5 Å². The second-order valence-electron chi connectivity index (χ2n) is 4.02. The number of aryl methyl sites for hydroxylation is 1. The summed E-state index contributed by atoms with van der Waals surface area (Å²) >= 11 is 0. The highest BCUT2D eigenvalue weighted by atomic mass is 16.4. The molecular weight excluding hydrogens is 204 g/mol. The van der Waals surface area contributed by atoms with Gasteiger partial charge in [-0.25, -0.2) is 0 Å². The molecule has 0 aliphatic carbocycles. The van der Waals surface area contributed by atoms with Gasteiger partial charge in [-0.1, -0.05) is 18.2 Å². The summed E-state index contributed by atoms with van der Waals surface area (Å²) in [5.41, 5.74) is 7.99. The number of rotatable bonds is 5. The zero-order valence-electron chi connectivity index (χ0n) is 9.68. The molecule has 0 saturated heterocycles. The Kier molecular flexibility index (Phi) is 4.31. The average molecular weight is 222 g/mol. The highest BCUT2D eigenvalue weighted by Gasteiger charge is 2.12. The van der Waals surface area contributed by atoms with Gasteiger partial charge in [0.15, 0.2) is 0 Å². The van der Waals surface area contributed by atoms with Crippen LogP contribution < -0.4 is 10.6 Å². The maximum atomic E-state index is 10.5. The quantitative estimate of drug-likeness (QED) is 0.786. The van der Waals surface area contributed by atoms with E-state index in [9.17, 15) is 4.79 Å². The van der Waals surface area contributed by atoms with E-state index in [0.29, 0.717) is 6.54 Å². The molecule has 88 valence electrons. The number of benzene rings is 1. The maximum Gasteiger partial charge on any atom is 0.304 e. The predicted molar refractivity (Wildman–Crippen MR) is 64.7 cm³/mol. The van der Waals surface area contributed by atoms with Crippen molar-refractivity contribution in [2.45, 2.75) is 19.4 Å². The van der Waals surface area contributed by atoms with Crippen LogP contribution in [0.5, 0.6) is 0 Å². The van der Waals surface area contributed by atoms with Gasteiger partial charge in [0, 0.05) is 25.3 Å². The molecule has 0 heterocycles. The molecule has 16 heavy (non-hydrogen) atoms. The van der Waals surface area contributed by atoms with Gasteiger partial charge in [-0.2, -0.15) is 0 Å². The number of carboxylic acids is 1. The molecule has 0 radical (unpaired) electrons. The summed E-state index contributed by atoms with van der Waals surface area (Å²) in [6, 6.07) is 7.62. The lowest BCUT2D eigenvalue weighted by molar-refractivity contribution is -0.137. The van der Waals surface area contributed by atoms with Crippen molar-refractivity contribution in [2.24, 2.45) is 5.73 Å². The van der Waals surface area contributed by atoms with Gasteiger partial charge in [-0.05, 0) is 18.6 Å². The minimum atomic E-state index is -0.856. The van der Waals surface area contributed by atoms with Gasteiger partial charge in [-0.3, -0.25) is 4.79 Å². The SMILES string of the molecule is Cc1ccccc1N(C)CC(N)CC(=O)O. The number of nitrogens with two attached hydrogens (primary N) is 1. The molecule has 0 bridgehead atoms. The van der Waals surface area contributed by atoms with Gasteiger partial charge in [-0.15, -0.1) is 0 Å². The van der Waals surface area contributed by atoms with E-state index in [1.807, 2.05) is 43.1 Å². The second kappa shape index (κ2) is 5.51. The topological polar surface area (TPSA) is 66.6 Å². The molecule has 1 aromatic rings. The van der Waals surface area contributed by atoms with E-state index in [4.69, 9.17) is 10.8 Å². The van der Waals surface area contributed by atoms with Gasteiger partial charge in [0.05, 0.1) is 6.42 Å². The van der Waals surface area contributed by atoms with E-state index < -0.39 is 5.97 Å². The van der Waals surface area contributed by atoms with E-state index in [-0.39, 0.29) is 12.5 Å². The zero-order chi connectivity index (χ0) is 12.1. The first-order valence-corrected chi connectivity index (χ1v) is 5.25. The molecule has 4 nitrogen and oxygen atoms in total. The van der Waals surface area contributed by atoms with Gasteiger partial charge in [0.2, 0.25) is 0 Å².